The number of benzene rings is 2. The average Bonchev–Trinajstić information content (AvgIpc) is 3.06. The molecule has 3 aromatic rings. The third kappa shape index (κ3) is 3.22. The summed E-state index contributed by atoms with van der Waals surface area (Å²) in [5, 5.41) is 9.97. The van der Waals surface area contributed by atoms with E-state index in [1.807, 2.05) is 0 Å². The molecule has 3 rings (SSSR count). The molecule has 0 unspecified atom stereocenters. The second-order valence-corrected chi connectivity index (χ2v) is 4.95. The molecular weight excluding hydrogens is 318 g/mol. The number of nitrogens with zero attached hydrogens (tertiary/aromatic N) is 2. The van der Waals surface area contributed by atoms with Crippen LogP contribution in [0.2, 0.25) is 0 Å². The SMILES string of the molecule is NC(=O)c1n[nH]nc1-c1ccc(COc2ccc(F)c(F)c2)cc1. The molecule has 0 fully saturated rings. The lowest BCUT2D eigenvalue weighted by molar-refractivity contribution is 0.0996. The Kier molecular flexibility index (Phi) is 4.19. The molecule has 0 bridgehead atoms. The lowest BCUT2D eigenvalue weighted by Gasteiger charge is -2.07. The number of nitrogens with two attached hydrogens (primary N) is 1. The Balaban J connectivity index is 1.71. The quantitative estimate of drug-likeness (QED) is 0.751. The van der Waals surface area contributed by atoms with Crippen LogP contribution >= 0.6 is 0 Å². The minimum Gasteiger partial charge on any atom is -0.489 e. The maximum Gasteiger partial charge on any atom is 0.271 e. The zero-order valence-corrected chi connectivity index (χ0v) is 12.3. The van der Waals surface area contributed by atoms with Crippen molar-refractivity contribution >= 4 is 5.91 Å². The largest absolute Gasteiger partial charge is 0.489 e. The predicted octanol–water partition coefficient (Wildman–Crippen LogP) is 2.43. The summed E-state index contributed by atoms with van der Waals surface area (Å²) >= 11 is 0. The van der Waals surface area contributed by atoms with Crippen LogP contribution < -0.4 is 10.5 Å². The summed E-state index contributed by atoms with van der Waals surface area (Å²) in [4.78, 5) is 11.3. The monoisotopic (exact) mass is 330 g/mol. The molecule has 0 aliphatic rings. The van der Waals surface area contributed by atoms with Crippen molar-refractivity contribution < 1.29 is 18.3 Å². The molecule has 0 saturated carbocycles. The summed E-state index contributed by atoms with van der Waals surface area (Å²) in [7, 11) is 0. The fraction of sp³-hybridized carbons (Fsp3) is 0.0625. The van der Waals surface area contributed by atoms with Crippen LogP contribution in [0.1, 0.15) is 16.1 Å². The number of aromatic amines is 1. The number of halogens is 2. The molecule has 8 heteroatoms. The van der Waals surface area contributed by atoms with E-state index in [4.69, 9.17) is 10.5 Å². The predicted molar refractivity (Wildman–Crippen MR) is 81.0 cm³/mol. The van der Waals surface area contributed by atoms with E-state index in [0.717, 1.165) is 17.7 Å². The van der Waals surface area contributed by atoms with Gasteiger partial charge in [-0.15, -0.1) is 0 Å². The fourth-order valence-corrected chi connectivity index (χ4v) is 2.10. The van der Waals surface area contributed by atoms with E-state index >= 15 is 0 Å². The number of ether oxygens (including phenoxy) is 1. The van der Waals surface area contributed by atoms with E-state index < -0.39 is 17.5 Å². The van der Waals surface area contributed by atoms with Gasteiger partial charge in [0.25, 0.3) is 5.91 Å². The van der Waals surface area contributed by atoms with Crippen molar-refractivity contribution in [2.24, 2.45) is 5.73 Å². The molecule has 1 aromatic heterocycles. The molecule has 0 aliphatic carbocycles. The molecule has 0 saturated heterocycles. The van der Waals surface area contributed by atoms with Crippen LogP contribution in [-0.2, 0) is 6.61 Å². The summed E-state index contributed by atoms with van der Waals surface area (Å²) in [5.41, 5.74) is 7.10. The van der Waals surface area contributed by atoms with E-state index in [0.29, 0.717) is 11.3 Å². The third-order valence-corrected chi connectivity index (χ3v) is 3.31. The second kappa shape index (κ2) is 6.45. The Morgan fingerprint density at radius 1 is 1.08 bits per heavy atom. The highest BCUT2D eigenvalue weighted by Crippen LogP contribution is 2.21. The van der Waals surface area contributed by atoms with E-state index in [1.54, 1.807) is 24.3 Å². The number of carbonyl (C=O) groups is 1. The number of carbonyl (C=O) groups excluding carboxylic acids is 1. The fourth-order valence-electron chi connectivity index (χ4n) is 2.10. The zero-order chi connectivity index (χ0) is 17.1. The Labute approximate surface area is 135 Å². The van der Waals surface area contributed by atoms with Gasteiger partial charge in [0.1, 0.15) is 18.1 Å². The number of H-pyrrole nitrogens is 1. The standard InChI is InChI=1S/C16H12F2N4O2/c17-12-6-5-11(7-13(12)18)24-8-9-1-3-10(4-2-9)14-15(16(19)23)21-22-20-14/h1-7H,8H2,(H2,19,23)(H,20,21,22). The number of nitrogens with one attached hydrogen (secondary N) is 1. The first-order valence-corrected chi connectivity index (χ1v) is 6.92. The molecule has 0 aliphatic heterocycles. The summed E-state index contributed by atoms with van der Waals surface area (Å²) in [6.45, 7) is 0.173. The van der Waals surface area contributed by atoms with Gasteiger partial charge < -0.3 is 10.5 Å². The summed E-state index contributed by atoms with van der Waals surface area (Å²) < 4.78 is 31.4. The zero-order valence-electron chi connectivity index (χ0n) is 12.3. The van der Waals surface area contributed by atoms with E-state index in [-0.39, 0.29) is 18.1 Å². The number of hydrogen-bond donors (Lipinski definition) is 2. The second-order valence-electron chi connectivity index (χ2n) is 4.95. The number of hydrogen-bond acceptors (Lipinski definition) is 4. The number of amides is 1. The molecule has 1 heterocycles. The number of rotatable bonds is 5. The smallest absolute Gasteiger partial charge is 0.271 e. The molecule has 3 N–H and O–H groups in total. The minimum absolute atomic E-state index is 0.0563. The van der Waals surface area contributed by atoms with Gasteiger partial charge in [0, 0.05) is 11.6 Å². The van der Waals surface area contributed by atoms with Gasteiger partial charge in [-0.3, -0.25) is 4.79 Å². The Hall–Kier alpha value is -3.29. The average molecular weight is 330 g/mol. The van der Waals surface area contributed by atoms with Crippen LogP contribution in [0.3, 0.4) is 0 Å². The molecule has 2 aromatic carbocycles. The topological polar surface area (TPSA) is 93.9 Å². The molecule has 0 spiro atoms. The van der Waals surface area contributed by atoms with Crippen LogP contribution in [0, 0.1) is 11.6 Å². The Bertz CT molecular complexity index is 878. The molecule has 0 radical (unpaired) electrons. The van der Waals surface area contributed by atoms with Crippen LogP contribution in [0.5, 0.6) is 5.75 Å². The van der Waals surface area contributed by atoms with E-state index in [1.165, 1.54) is 6.07 Å². The lowest BCUT2D eigenvalue weighted by Crippen LogP contribution is -2.12. The van der Waals surface area contributed by atoms with Gasteiger partial charge in [-0.25, -0.2) is 8.78 Å². The van der Waals surface area contributed by atoms with Gasteiger partial charge in [0.15, 0.2) is 17.3 Å². The van der Waals surface area contributed by atoms with Crippen LogP contribution in [0.4, 0.5) is 8.78 Å². The summed E-state index contributed by atoms with van der Waals surface area (Å²) in [5.74, 6) is -2.34. The minimum atomic E-state index is -0.965. The first-order chi connectivity index (χ1) is 11.5. The van der Waals surface area contributed by atoms with Crippen molar-refractivity contribution in [3.8, 4) is 17.0 Å². The number of aromatic nitrogens is 3. The van der Waals surface area contributed by atoms with Gasteiger partial charge in [-0.05, 0) is 17.7 Å². The van der Waals surface area contributed by atoms with Crippen molar-refractivity contribution in [1.82, 2.24) is 15.4 Å². The van der Waals surface area contributed by atoms with Crippen LogP contribution in [-0.4, -0.2) is 21.3 Å². The summed E-state index contributed by atoms with van der Waals surface area (Å²) in [6, 6.07) is 10.3. The van der Waals surface area contributed by atoms with Crippen molar-refractivity contribution in [2.75, 3.05) is 0 Å². The Morgan fingerprint density at radius 3 is 2.50 bits per heavy atom. The molecule has 24 heavy (non-hydrogen) atoms. The first-order valence-electron chi connectivity index (χ1n) is 6.92. The van der Waals surface area contributed by atoms with Crippen molar-refractivity contribution in [1.29, 1.82) is 0 Å². The highest BCUT2D eigenvalue weighted by Gasteiger charge is 2.14. The van der Waals surface area contributed by atoms with Crippen LogP contribution in [0.15, 0.2) is 42.5 Å². The van der Waals surface area contributed by atoms with E-state index in [2.05, 4.69) is 15.4 Å². The van der Waals surface area contributed by atoms with Crippen molar-refractivity contribution in [3.63, 3.8) is 0 Å². The Morgan fingerprint density at radius 2 is 1.83 bits per heavy atom. The van der Waals surface area contributed by atoms with Crippen molar-refractivity contribution in [3.05, 3.63) is 65.4 Å². The van der Waals surface area contributed by atoms with Gasteiger partial charge in [-0.1, -0.05) is 24.3 Å². The highest BCUT2D eigenvalue weighted by atomic mass is 19.2. The molecule has 0 atom stereocenters. The van der Waals surface area contributed by atoms with E-state index in [9.17, 15) is 13.6 Å². The van der Waals surface area contributed by atoms with Crippen molar-refractivity contribution in [2.45, 2.75) is 6.61 Å². The normalized spacial score (nSPS) is 10.6. The first kappa shape index (κ1) is 15.6. The summed E-state index contributed by atoms with van der Waals surface area (Å²) in [6.07, 6.45) is 0. The molecule has 1 amide bonds. The maximum absolute atomic E-state index is 13.1. The number of primary amides is 1. The van der Waals surface area contributed by atoms with Gasteiger partial charge in [-0.2, -0.15) is 15.4 Å². The third-order valence-electron chi connectivity index (χ3n) is 3.31. The molecule has 122 valence electrons. The lowest BCUT2D eigenvalue weighted by atomic mass is 10.1. The molecule has 6 nitrogen and oxygen atoms in total. The van der Waals surface area contributed by atoms with Gasteiger partial charge >= 0.3 is 0 Å². The highest BCUT2D eigenvalue weighted by molar-refractivity contribution is 5.96. The maximum atomic E-state index is 13.1. The van der Waals surface area contributed by atoms with Gasteiger partial charge in [0.2, 0.25) is 0 Å². The van der Waals surface area contributed by atoms with Gasteiger partial charge in [0.05, 0.1) is 0 Å². The molecular formula is C16H12F2N4O2. The van der Waals surface area contributed by atoms with Crippen LogP contribution in [0.25, 0.3) is 11.3 Å².